The van der Waals surface area contributed by atoms with Gasteiger partial charge < -0.3 is 24.9 Å². The third kappa shape index (κ3) is 8.02. The highest BCUT2D eigenvalue weighted by molar-refractivity contribution is 8.00. The summed E-state index contributed by atoms with van der Waals surface area (Å²) >= 11 is 4.99. The first-order valence-electron chi connectivity index (χ1n) is 14.6. The lowest BCUT2D eigenvalue weighted by Gasteiger charge is -2.16. The Labute approximate surface area is 291 Å². The van der Waals surface area contributed by atoms with Crippen LogP contribution in [0.5, 0.6) is 0 Å². The van der Waals surface area contributed by atoms with E-state index in [2.05, 4.69) is 36.0 Å². The number of H-pyrrole nitrogens is 1. The fourth-order valence-corrected chi connectivity index (χ4v) is 7.87. The van der Waals surface area contributed by atoms with Gasteiger partial charge in [-0.2, -0.15) is 0 Å². The predicted molar refractivity (Wildman–Crippen MR) is 190 cm³/mol. The van der Waals surface area contributed by atoms with E-state index in [1.165, 1.54) is 23.1 Å². The number of amides is 2. The van der Waals surface area contributed by atoms with Crippen LogP contribution in [0.15, 0.2) is 94.6 Å². The first-order valence-corrected chi connectivity index (χ1v) is 18.1. The van der Waals surface area contributed by atoms with Crippen LogP contribution in [0, 0.1) is 0 Å². The van der Waals surface area contributed by atoms with Gasteiger partial charge in [0.2, 0.25) is 11.4 Å². The van der Waals surface area contributed by atoms with Gasteiger partial charge in [-0.1, -0.05) is 48.2 Å². The van der Waals surface area contributed by atoms with Crippen molar-refractivity contribution in [1.82, 2.24) is 29.9 Å². The monoisotopic (exact) mass is 720 g/mol. The Morgan fingerprint density at radius 3 is 2.35 bits per heavy atom. The number of para-hydroxylation sites is 1. The fourth-order valence-electron chi connectivity index (χ4n) is 4.53. The number of halogens is 1. The van der Waals surface area contributed by atoms with E-state index < -0.39 is 16.7 Å². The molecule has 0 saturated heterocycles. The Bertz CT molecular complexity index is 1960. The van der Waals surface area contributed by atoms with E-state index in [4.69, 9.17) is 4.74 Å². The number of methoxy groups -OCH3 is 1. The highest BCUT2D eigenvalue weighted by Crippen LogP contribution is 2.36. The first-order chi connectivity index (χ1) is 23.4. The third-order valence-corrected chi connectivity index (χ3v) is 10.8. The summed E-state index contributed by atoms with van der Waals surface area (Å²) in [5, 5.41) is 24.6. The minimum Gasteiger partial charge on any atom is -0.383 e. The number of hydrogen-bond donors (Lipinski definition) is 3. The first kappa shape index (κ1) is 33.5. The van der Waals surface area contributed by atoms with Crippen molar-refractivity contribution in [3.63, 3.8) is 0 Å². The molecule has 0 aliphatic heterocycles. The number of nitrogens with zero attached hydrogens (tertiary/aromatic N) is 5. The van der Waals surface area contributed by atoms with Gasteiger partial charge in [0.05, 0.1) is 16.4 Å². The molecule has 0 fully saturated rings. The van der Waals surface area contributed by atoms with Crippen LogP contribution in [-0.2, 0) is 20.9 Å². The molecule has 2 aromatic carbocycles. The van der Waals surface area contributed by atoms with Crippen LogP contribution >= 0.6 is 46.2 Å². The van der Waals surface area contributed by atoms with Gasteiger partial charge in [0.1, 0.15) is 5.25 Å². The molecule has 0 radical (unpaired) electrons. The lowest BCUT2D eigenvalue weighted by atomic mass is 10.2. The molecule has 3 N–H and O–H groups in total. The molecule has 246 valence electrons. The van der Waals surface area contributed by atoms with Crippen LogP contribution in [0.3, 0.4) is 0 Å². The van der Waals surface area contributed by atoms with Crippen molar-refractivity contribution in [1.29, 1.82) is 0 Å². The molecule has 0 saturated carbocycles. The van der Waals surface area contributed by atoms with Gasteiger partial charge in [0.25, 0.3) is 5.91 Å². The van der Waals surface area contributed by atoms with Crippen LogP contribution in [0.2, 0.25) is 0 Å². The molecular weight excluding hydrogens is 692 g/mol. The highest BCUT2D eigenvalue weighted by Gasteiger charge is 2.25. The van der Waals surface area contributed by atoms with Gasteiger partial charge in [-0.05, 0) is 72.1 Å². The molecule has 0 bridgehead atoms. The molecule has 0 aliphatic carbocycles. The van der Waals surface area contributed by atoms with E-state index in [0.717, 1.165) is 20.2 Å². The maximum Gasteiger partial charge on any atom is 0.269 e. The number of aromatic amines is 1. The summed E-state index contributed by atoms with van der Waals surface area (Å²) in [5.74, 6) is 0.247. The Morgan fingerprint density at radius 1 is 0.875 bits per heavy atom. The van der Waals surface area contributed by atoms with Crippen molar-refractivity contribution in [2.24, 2.45) is 0 Å². The Kier molecular flexibility index (Phi) is 11.0. The summed E-state index contributed by atoms with van der Waals surface area (Å²) in [4.78, 5) is 31.3. The van der Waals surface area contributed by atoms with Crippen molar-refractivity contribution in [2.45, 2.75) is 34.5 Å². The summed E-state index contributed by atoms with van der Waals surface area (Å²) in [7, 11) is 1.56. The number of carbonyl (C=O) groups is 2. The van der Waals surface area contributed by atoms with E-state index >= 15 is 0 Å². The SMILES string of the molecule is CCn1c(SC(COC)C(=O)Nc2ccccc2)nnc1-c1ccc(-c2ccc(NC(=O)C(F)Sc3nnc(-c4cccs4)[nH]3)cc2)s1. The predicted octanol–water partition coefficient (Wildman–Crippen LogP) is 7.31. The molecule has 48 heavy (non-hydrogen) atoms. The van der Waals surface area contributed by atoms with Crippen molar-refractivity contribution < 1.29 is 18.7 Å². The largest absolute Gasteiger partial charge is 0.383 e. The number of thiophene rings is 2. The number of aromatic nitrogens is 6. The molecule has 0 aliphatic rings. The topological polar surface area (TPSA) is 140 Å². The van der Waals surface area contributed by atoms with E-state index in [-0.39, 0.29) is 17.7 Å². The number of nitrogens with one attached hydrogen (secondary N) is 3. The second-order valence-electron chi connectivity index (χ2n) is 10.1. The Balaban J connectivity index is 1.08. The fraction of sp³-hybridized carbons (Fsp3) is 0.188. The van der Waals surface area contributed by atoms with Crippen LogP contribution in [0.1, 0.15) is 6.92 Å². The van der Waals surface area contributed by atoms with Gasteiger partial charge >= 0.3 is 0 Å². The zero-order chi connectivity index (χ0) is 33.5. The van der Waals surface area contributed by atoms with Crippen LogP contribution in [0.4, 0.5) is 15.8 Å². The van der Waals surface area contributed by atoms with Crippen LogP contribution in [-0.4, -0.2) is 66.2 Å². The number of hydrogen-bond acceptors (Lipinski definition) is 11. The van der Waals surface area contributed by atoms with Gasteiger partial charge in [-0.25, -0.2) is 4.39 Å². The molecule has 11 nitrogen and oxygen atoms in total. The molecule has 4 aromatic heterocycles. The quantitative estimate of drug-likeness (QED) is 0.0989. The second kappa shape index (κ2) is 15.7. The van der Waals surface area contributed by atoms with Crippen molar-refractivity contribution >= 4 is 69.4 Å². The molecule has 0 spiro atoms. The molecule has 16 heteroatoms. The van der Waals surface area contributed by atoms with E-state index in [0.29, 0.717) is 46.5 Å². The maximum atomic E-state index is 14.8. The number of benzene rings is 2. The van der Waals surface area contributed by atoms with Gasteiger partial charge in [0.15, 0.2) is 22.0 Å². The number of carbonyl (C=O) groups excluding carboxylic acids is 2. The van der Waals surface area contributed by atoms with E-state index in [1.54, 1.807) is 30.6 Å². The Hall–Kier alpha value is -4.35. The summed E-state index contributed by atoms with van der Waals surface area (Å²) in [6.07, 6.45) is 0. The van der Waals surface area contributed by atoms with Crippen molar-refractivity contribution in [2.75, 3.05) is 24.4 Å². The minimum absolute atomic E-state index is 0.183. The number of thioether (sulfide) groups is 2. The lowest BCUT2D eigenvalue weighted by Crippen LogP contribution is -2.29. The zero-order valence-electron chi connectivity index (χ0n) is 25.6. The average molecular weight is 721 g/mol. The molecule has 6 rings (SSSR count). The van der Waals surface area contributed by atoms with Crippen LogP contribution in [0.25, 0.3) is 31.8 Å². The maximum absolute atomic E-state index is 14.8. The zero-order valence-corrected chi connectivity index (χ0v) is 28.9. The summed E-state index contributed by atoms with van der Waals surface area (Å²) in [6.45, 7) is 2.81. The van der Waals surface area contributed by atoms with E-state index in [1.807, 2.05) is 83.6 Å². The summed E-state index contributed by atoms with van der Waals surface area (Å²) in [6, 6.07) is 24.2. The molecule has 2 atom stereocenters. The van der Waals surface area contributed by atoms with E-state index in [9.17, 15) is 14.0 Å². The van der Waals surface area contributed by atoms with Gasteiger partial charge in [0, 0.05) is 29.9 Å². The van der Waals surface area contributed by atoms with Crippen molar-refractivity contribution in [3.8, 4) is 31.8 Å². The molecular formula is C32H29FN8O3S4. The number of alkyl halides is 1. The second-order valence-corrected chi connectivity index (χ2v) is 14.3. The average Bonchev–Trinajstić information content (AvgIpc) is 3.93. The number of anilines is 2. The molecule has 6 aromatic rings. The lowest BCUT2D eigenvalue weighted by molar-refractivity contribution is -0.118. The smallest absolute Gasteiger partial charge is 0.269 e. The van der Waals surface area contributed by atoms with Crippen molar-refractivity contribution in [3.05, 3.63) is 84.2 Å². The number of ether oxygens (including phenoxy) is 1. The third-order valence-electron chi connectivity index (χ3n) is 6.84. The van der Waals surface area contributed by atoms with Gasteiger partial charge in [-0.15, -0.1) is 43.1 Å². The molecule has 4 heterocycles. The summed E-state index contributed by atoms with van der Waals surface area (Å²) < 4.78 is 22.1. The van der Waals surface area contributed by atoms with Gasteiger partial charge in [-0.3, -0.25) is 9.59 Å². The highest BCUT2D eigenvalue weighted by atomic mass is 32.2. The molecule has 2 unspecified atom stereocenters. The Morgan fingerprint density at radius 2 is 1.62 bits per heavy atom. The minimum atomic E-state index is -1.88. The number of rotatable bonds is 14. The standard InChI is InChI=1S/C32H29FN8O3S4/c1-3-41-28(38-40-32(41)47-25(18-44-2)29(42)34-20-8-5-4-6-9-20)24-16-15-22(46-24)19-11-13-21(14-12-19)35-30(43)26(33)48-31-36-27(37-39-31)23-10-7-17-45-23/h4-17,25-26H,3,18H2,1-2H3,(H,34,42)(H,35,43)(H,36,37,39). The summed E-state index contributed by atoms with van der Waals surface area (Å²) in [5.41, 5.74) is 0.221. The van der Waals surface area contributed by atoms with Crippen LogP contribution < -0.4 is 10.6 Å². The normalized spacial score (nSPS) is 12.5. The molecule has 2 amide bonds.